The van der Waals surface area contributed by atoms with E-state index in [-0.39, 0.29) is 42.2 Å². The van der Waals surface area contributed by atoms with Gasteiger partial charge in [-0.25, -0.2) is 4.98 Å². The predicted octanol–water partition coefficient (Wildman–Crippen LogP) is 4.63. The minimum Gasteiger partial charge on any atom is -0.481 e. The second kappa shape index (κ2) is 12.8. The fourth-order valence-electron chi connectivity index (χ4n) is 5.54. The van der Waals surface area contributed by atoms with Crippen LogP contribution in [0.4, 0.5) is 5.82 Å². The van der Waals surface area contributed by atoms with Crippen molar-refractivity contribution < 1.29 is 19.5 Å². The molecule has 2 heterocycles. The second-order valence-corrected chi connectivity index (χ2v) is 11.4. The number of benzene rings is 1. The summed E-state index contributed by atoms with van der Waals surface area (Å²) in [5.74, 6) is 0.0637. The highest BCUT2D eigenvalue weighted by atomic mass is 35.5. The van der Waals surface area contributed by atoms with Crippen LogP contribution in [0.5, 0.6) is 0 Å². The van der Waals surface area contributed by atoms with Gasteiger partial charge in [-0.3, -0.25) is 14.4 Å². The van der Waals surface area contributed by atoms with E-state index in [0.717, 1.165) is 56.6 Å². The van der Waals surface area contributed by atoms with Crippen molar-refractivity contribution in [1.29, 1.82) is 0 Å². The summed E-state index contributed by atoms with van der Waals surface area (Å²) in [7, 11) is 0. The Hall–Kier alpha value is -2.84. The van der Waals surface area contributed by atoms with Crippen molar-refractivity contribution in [2.75, 3.05) is 18.4 Å². The number of aliphatic carboxylic acids is 1. The number of amides is 2. The Morgan fingerprint density at radius 2 is 1.79 bits per heavy atom. The summed E-state index contributed by atoms with van der Waals surface area (Å²) in [6.07, 6.45) is 6.75. The molecule has 1 aromatic heterocycles. The molecule has 0 atom stereocenters. The Morgan fingerprint density at radius 1 is 1.05 bits per heavy atom. The van der Waals surface area contributed by atoms with E-state index in [0.29, 0.717) is 22.9 Å². The number of aromatic nitrogens is 1. The van der Waals surface area contributed by atoms with Crippen LogP contribution in [0.25, 0.3) is 0 Å². The highest BCUT2D eigenvalue weighted by Gasteiger charge is 2.54. The zero-order valence-corrected chi connectivity index (χ0v) is 22.8. The minimum atomic E-state index is -0.906. The van der Waals surface area contributed by atoms with E-state index in [2.05, 4.69) is 27.0 Å². The van der Waals surface area contributed by atoms with E-state index in [4.69, 9.17) is 28.3 Å². The lowest BCUT2D eigenvalue weighted by atomic mass is 9.50. The molecular formula is C28H34Cl2N4O4. The van der Waals surface area contributed by atoms with E-state index < -0.39 is 5.97 Å². The number of nitrogens with one attached hydrogen (secondary N) is 3. The van der Waals surface area contributed by atoms with E-state index in [9.17, 15) is 14.4 Å². The van der Waals surface area contributed by atoms with Gasteiger partial charge in [-0.15, -0.1) is 0 Å². The number of fused-ring (bicyclic) bond motifs is 1. The Bertz CT molecular complexity index is 1140. The first-order valence-electron chi connectivity index (χ1n) is 13.1. The van der Waals surface area contributed by atoms with Crippen LogP contribution in [0.1, 0.15) is 56.2 Å². The van der Waals surface area contributed by atoms with Gasteiger partial charge >= 0.3 is 5.97 Å². The molecule has 204 valence electrons. The van der Waals surface area contributed by atoms with Crippen molar-refractivity contribution in [3.63, 3.8) is 0 Å². The van der Waals surface area contributed by atoms with Crippen molar-refractivity contribution in [1.82, 2.24) is 15.6 Å². The molecule has 0 saturated heterocycles. The third-order valence-electron chi connectivity index (χ3n) is 7.44. The largest absolute Gasteiger partial charge is 0.481 e. The quantitative estimate of drug-likeness (QED) is 0.373. The highest BCUT2D eigenvalue weighted by Crippen LogP contribution is 2.58. The number of carboxylic acids is 1. The summed E-state index contributed by atoms with van der Waals surface area (Å²) < 4.78 is 0. The summed E-state index contributed by atoms with van der Waals surface area (Å²) in [6, 6.07) is 11.4. The van der Waals surface area contributed by atoms with Crippen LogP contribution in [0.3, 0.4) is 0 Å². The van der Waals surface area contributed by atoms with Crippen LogP contribution >= 0.6 is 23.2 Å². The lowest BCUT2D eigenvalue weighted by Crippen LogP contribution is -2.58. The molecule has 2 aliphatic carbocycles. The number of carboxylic acid groups (broad SMARTS) is 1. The maximum atomic E-state index is 12.3. The Kier molecular flexibility index (Phi) is 9.49. The Balaban J connectivity index is 0.000000360. The minimum absolute atomic E-state index is 0.0147. The average molecular weight is 562 g/mol. The topological polar surface area (TPSA) is 120 Å². The fraction of sp³-hybridized carbons (Fsp3) is 0.500. The first kappa shape index (κ1) is 28.2. The summed E-state index contributed by atoms with van der Waals surface area (Å²) >= 11 is 11.1. The molecule has 5 rings (SSSR count). The molecule has 3 aliphatic rings. The van der Waals surface area contributed by atoms with Crippen molar-refractivity contribution in [3.8, 4) is 0 Å². The SMILES string of the molecule is Clc1cccc(Cl)c1.O=C(O)CCNC(=O)C1CC2(CC(NC(=O)CCc3ccc4c(n3)NCCC4)C2)C1. The number of carbonyl (C=O) groups excluding carboxylic acids is 2. The molecule has 10 heteroatoms. The smallest absolute Gasteiger partial charge is 0.305 e. The van der Waals surface area contributed by atoms with Gasteiger partial charge in [-0.1, -0.05) is 35.3 Å². The van der Waals surface area contributed by atoms with E-state index in [1.165, 1.54) is 5.56 Å². The molecule has 0 bridgehead atoms. The third kappa shape index (κ3) is 7.84. The van der Waals surface area contributed by atoms with Crippen molar-refractivity contribution in [2.24, 2.45) is 11.3 Å². The maximum Gasteiger partial charge on any atom is 0.305 e. The number of anilines is 1. The van der Waals surface area contributed by atoms with Gasteiger partial charge in [0.15, 0.2) is 0 Å². The number of hydrogen-bond donors (Lipinski definition) is 4. The molecule has 0 unspecified atom stereocenters. The molecule has 38 heavy (non-hydrogen) atoms. The van der Waals surface area contributed by atoms with Gasteiger partial charge in [0.1, 0.15) is 5.82 Å². The zero-order valence-electron chi connectivity index (χ0n) is 21.3. The van der Waals surface area contributed by atoms with Gasteiger partial charge in [-0.2, -0.15) is 0 Å². The van der Waals surface area contributed by atoms with Crippen LogP contribution in [0, 0.1) is 11.3 Å². The van der Waals surface area contributed by atoms with Crippen LogP contribution in [-0.4, -0.2) is 47.0 Å². The molecule has 1 aromatic carbocycles. The molecule has 8 nitrogen and oxygen atoms in total. The van der Waals surface area contributed by atoms with Gasteiger partial charge in [0.2, 0.25) is 11.8 Å². The van der Waals surface area contributed by atoms with Gasteiger partial charge in [-0.05, 0) is 80.2 Å². The van der Waals surface area contributed by atoms with Crippen LogP contribution < -0.4 is 16.0 Å². The molecule has 1 spiro atoms. The van der Waals surface area contributed by atoms with Gasteiger partial charge in [0.05, 0.1) is 6.42 Å². The fourth-order valence-corrected chi connectivity index (χ4v) is 5.97. The average Bonchev–Trinajstić information content (AvgIpc) is 2.83. The van der Waals surface area contributed by atoms with E-state index in [1.54, 1.807) is 18.2 Å². The summed E-state index contributed by atoms with van der Waals surface area (Å²) in [5, 5.41) is 19.1. The lowest BCUT2D eigenvalue weighted by molar-refractivity contribution is -0.141. The lowest BCUT2D eigenvalue weighted by Gasteiger charge is -2.57. The van der Waals surface area contributed by atoms with E-state index in [1.807, 2.05) is 12.1 Å². The van der Waals surface area contributed by atoms with Crippen molar-refractivity contribution in [3.05, 3.63) is 57.7 Å². The molecule has 2 amide bonds. The second-order valence-electron chi connectivity index (χ2n) is 10.5. The monoisotopic (exact) mass is 560 g/mol. The normalized spacial score (nSPS) is 22.9. The van der Waals surface area contributed by atoms with Crippen LogP contribution in [0.2, 0.25) is 10.0 Å². The molecule has 2 saturated carbocycles. The van der Waals surface area contributed by atoms with Crippen LogP contribution in [-0.2, 0) is 27.2 Å². The standard InChI is InChI=1S/C22H30N4O4.C6H4Cl2/c27-18(6-5-16-4-3-14-2-1-8-23-20(14)26-16)25-17-12-22(13-17)10-15(11-22)21(30)24-9-7-19(28)29;7-5-2-1-3-6(8)4-5/h3-4,15,17H,1-2,5-13H2,(H,23,26)(H,24,30)(H,25,27)(H,28,29);1-4H. The molecule has 1 aliphatic heterocycles. The molecule has 0 radical (unpaired) electrons. The highest BCUT2D eigenvalue weighted by molar-refractivity contribution is 6.34. The number of hydrogen-bond acceptors (Lipinski definition) is 5. The summed E-state index contributed by atoms with van der Waals surface area (Å²) in [5.41, 5.74) is 2.39. The Labute approximate surface area is 232 Å². The van der Waals surface area contributed by atoms with Gasteiger partial charge in [0, 0.05) is 47.2 Å². The predicted molar refractivity (Wildman–Crippen MR) is 147 cm³/mol. The number of halogens is 2. The number of aryl methyl sites for hydroxylation is 2. The first-order valence-corrected chi connectivity index (χ1v) is 13.9. The molecule has 2 fully saturated rings. The maximum absolute atomic E-state index is 12.3. The number of rotatable bonds is 8. The number of nitrogens with zero attached hydrogens (tertiary/aromatic N) is 1. The first-order chi connectivity index (χ1) is 18.2. The molecular weight excluding hydrogens is 527 g/mol. The number of carbonyl (C=O) groups is 3. The third-order valence-corrected chi connectivity index (χ3v) is 7.91. The zero-order chi connectivity index (χ0) is 27.1. The summed E-state index contributed by atoms with van der Waals surface area (Å²) in [4.78, 5) is 39.5. The van der Waals surface area contributed by atoms with E-state index >= 15 is 0 Å². The Morgan fingerprint density at radius 3 is 2.45 bits per heavy atom. The summed E-state index contributed by atoms with van der Waals surface area (Å²) in [6.45, 7) is 1.14. The number of pyridine rings is 1. The van der Waals surface area contributed by atoms with Crippen molar-refractivity contribution in [2.45, 2.75) is 63.8 Å². The molecule has 4 N–H and O–H groups in total. The van der Waals surface area contributed by atoms with Gasteiger partial charge in [0.25, 0.3) is 0 Å². The molecule has 2 aromatic rings. The van der Waals surface area contributed by atoms with Gasteiger partial charge < -0.3 is 21.1 Å². The van der Waals surface area contributed by atoms with Crippen molar-refractivity contribution >= 4 is 46.8 Å². The van der Waals surface area contributed by atoms with Crippen LogP contribution in [0.15, 0.2) is 36.4 Å².